The number of fused-ring (bicyclic) bond motifs is 1. The van der Waals surface area contributed by atoms with Crippen molar-refractivity contribution in [1.82, 2.24) is 4.90 Å². The number of hydrogen-bond acceptors (Lipinski definition) is 10. The summed E-state index contributed by atoms with van der Waals surface area (Å²) in [4.78, 5) is 17.4. The van der Waals surface area contributed by atoms with Crippen LogP contribution in [0.15, 0.2) is 33.2 Å². The Kier molecular flexibility index (Phi) is 6.49. The predicted molar refractivity (Wildman–Crippen MR) is 122 cm³/mol. The van der Waals surface area contributed by atoms with Gasteiger partial charge in [0.15, 0.2) is 11.5 Å². The summed E-state index contributed by atoms with van der Waals surface area (Å²) in [5.74, 6) is -1.04. The average Bonchev–Trinajstić information content (AvgIpc) is 3.10. The van der Waals surface area contributed by atoms with Crippen LogP contribution < -0.4 is 8.92 Å². The van der Waals surface area contributed by atoms with E-state index in [9.17, 15) is 21.6 Å². The van der Waals surface area contributed by atoms with Crippen LogP contribution in [0.5, 0.6) is 11.5 Å². The van der Waals surface area contributed by atoms with Crippen molar-refractivity contribution in [3.63, 3.8) is 0 Å². The first-order valence-corrected chi connectivity index (χ1v) is 13.4. The van der Waals surface area contributed by atoms with Crippen molar-refractivity contribution in [2.24, 2.45) is 9.39 Å². The van der Waals surface area contributed by atoms with Crippen LogP contribution in [0, 0.1) is 5.41 Å². The lowest BCUT2D eigenvalue weighted by Gasteiger charge is -2.25. The minimum absolute atomic E-state index is 0.0109. The average molecular weight is 501 g/mol. The number of rotatable bonds is 6. The molecule has 2 heterocycles. The van der Waals surface area contributed by atoms with Crippen molar-refractivity contribution in [3.05, 3.63) is 29.3 Å². The van der Waals surface area contributed by atoms with Crippen molar-refractivity contribution < 1.29 is 30.6 Å². The van der Waals surface area contributed by atoms with Gasteiger partial charge in [-0.2, -0.15) is 17.8 Å². The number of carbonyl (C=O) groups is 1. The van der Waals surface area contributed by atoms with Crippen molar-refractivity contribution in [2.75, 3.05) is 12.9 Å². The van der Waals surface area contributed by atoms with Crippen LogP contribution in [0.25, 0.3) is 6.08 Å². The maximum absolute atomic E-state index is 12.6. The minimum Gasteiger partial charge on any atom is -0.490 e. The van der Waals surface area contributed by atoms with E-state index in [4.69, 9.17) is 14.3 Å². The van der Waals surface area contributed by atoms with Crippen molar-refractivity contribution >= 4 is 60.1 Å². The van der Waals surface area contributed by atoms with Gasteiger partial charge in [0.05, 0.1) is 35.6 Å². The number of nitrogens with zero attached hydrogens (tertiary/aromatic N) is 3. The standard InChI is InChI=1S/C18H20N4O7S3/c1-5-28-14-9-11(6-7-13(14)29-31(4,24)25)8-12-15(19)22-17(20-16(12)23)30-21-18(22)32(26,27)10(2)3/h6-10,19H,5H2,1-4H3/b12-8-,19-15?. The highest BCUT2D eigenvalue weighted by molar-refractivity contribution is 8.16. The van der Waals surface area contributed by atoms with E-state index >= 15 is 0 Å². The molecule has 172 valence electrons. The van der Waals surface area contributed by atoms with Crippen LogP contribution >= 0.6 is 11.9 Å². The Hall–Kier alpha value is -2.71. The van der Waals surface area contributed by atoms with Crippen molar-refractivity contribution in [3.8, 4) is 11.5 Å². The maximum Gasteiger partial charge on any atom is 0.306 e. The number of amidine groups is 3. The lowest BCUT2D eigenvalue weighted by Crippen LogP contribution is -2.46. The van der Waals surface area contributed by atoms with Gasteiger partial charge in [0.25, 0.3) is 5.91 Å². The molecule has 0 unspecified atom stereocenters. The zero-order valence-electron chi connectivity index (χ0n) is 17.5. The molecule has 0 atom stereocenters. The number of sulfone groups is 1. The summed E-state index contributed by atoms with van der Waals surface area (Å²) in [6.45, 7) is 4.90. The number of benzene rings is 1. The van der Waals surface area contributed by atoms with E-state index in [0.717, 1.165) is 11.2 Å². The summed E-state index contributed by atoms with van der Waals surface area (Å²) in [7, 11) is -7.62. The van der Waals surface area contributed by atoms with Gasteiger partial charge in [0, 0.05) is 0 Å². The molecule has 0 aliphatic carbocycles. The third-order valence-corrected chi connectivity index (χ3v) is 7.51. The lowest BCUT2D eigenvalue weighted by molar-refractivity contribution is -0.114. The molecule has 3 rings (SSSR count). The van der Waals surface area contributed by atoms with Crippen LogP contribution in [0.2, 0.25) is 0 Å². The van der Waals surface area contributed by atoms with Crippen LogP contribution in [0.4, 0.5) is 0 Å². The number of aliphatic imine (C=N–C) groups is 1. The molecule has 32 heavy (non-hydrogen) atoms. The molecule has 2 aliphatic rings. The summed E-state index contributed by atoms with van der Waals surface area (Å²) < 4.78 is 62.4. The number of carbonyl (C=O) groups excluding carboxylic acids is 1. The van der Waals surface area contributed by atoms with Crippen LogP contribution in [-0.2, 0) is 24.7 Å². The molecule has 2 aliphatic heterocycles. The van der Waals surface area contributed by atoms with Crippen molar-refractivity contribution in [2.45, 2.75) is 26.0 Å². The van der Waals surface area contributed by atoms with Gasteiger partial charge in [-0.25, -0.2) is 13.3 Å². The SMILES string of the molecule is CCOc1cc(/C=C2/C(=N)N3C(=NC2=O)SN=C3S(=O)(=O)C(C)C)ccc1OS(C)(=O)=O. The van der Waals surface area contributed by atoms with Crippen LogP contribution in [-0.4, -0.2) is 61.9 Å². The van der Waals surface area contributed by atoms with Gasteiger partial charge in [0.1, 0.15) is 5.84 Å². The van der Waals surface area contributed by atoms with Gasteiger partial charge in [0.2, 0.25) is 20.2 Å². The number of amides is 1. The fraction of sp³-hybridized carbons (Fsp3) is 0.333. The lowest BCUT2D eigenvalue weighted by atomic mass is 10.1. The highest BCUT2D eigenvalue weighted by Gasteiger charge is 2.43. The van der Waals surface area contributed by atoms with Gasteiger partial charge in [-0.15, -0.1) is 0 Å². The number of hydrogen-bond donors (Lipinski definition) is 1. The molecule has 0 saturated heterocycles. The van der Waals surface area contributed by atoms with E-state index in [2.05, 4.69) is 9.39 Å². The smallest absolute Gasteiger partial charge is 0.306 e. The molecule has 1 N–H and O–H groups in total. The summed E-state index contributed by atoms with van der Waals surface area (Å²) in [6, 6.07) is 4.26. The first kappa shape index (κ1) is 23.9. The molecule has 14 heteroatoms. The molecule has 1 amide bonds. The van der Waals surface area contributed by atoms with Gasteiger partial charge in [-0.3, -0.25) is 10.2 Å². The molecular weight excluding hydrogens is 480 g/mol. The van der Waals surface area contributed by atoms with E-state index in [1.165, 1.54) is 38.1 Å². The maximum atomic E-state index is 12.6. The Labute approximate surface area is 189 Å². The zero-order valence-corrected chi connectivity index (χ0v) is 20.0. The number of nitrogens with one attached hydrogen (secondary N) is 1. The van der Waals surface area contributed by atoms with Gasteiger partial charge in [-0.05, 0) is 44.5 Å². The monoisotopic (exact) mass is 500 g/mol. The van der Waals surface area contributed by atoms with E-state index in [1.54, 1.807) is 6.92 Å². The fourth-order valence-corrected chi connectivity index (χ4v) is 5.20. The fourth-order valence-electron chi connectivity index (χ4n) is 2.68. The molecule has 0 fully saturated rings. The summed E-state index contributed by atoms with van der Waals surface area (Å²) >= 11 is 0.713. The highest BCUT2D eigenvalue weighted by Crippen LogP contribution is 2.33. The summed E-state index contributed by atoms with van der Waals surface area (Å²) in [6.07, 6.45) is 2.23. The molecule has 0 radical (unpaired) electrons. The van der Waals surface area contributed by atoms with E-state index in [-0.39, 0.29) is 39.8 Å². The van der Waals surface area contributed by atoms with Crippen LogP contribution in [0.1, 0.15) is 26.3 Å². The quantitative estimate of drug-likeness (QED) is 0.350. The molecular formula is C18H20N4O7S3. The van der Waals surface area contributed by atoms with Crippen molar-refractivity contribution in [1.29, 1.82) is 5.41 Å². The molecule has 0 bridgehead atoms. The second-order valence-corrected chi connectivity index (χ2v) is 11.6. The molecule has 1 aromatic carbocycles. The molecule has 0 spiro atoms. The predicted octanol–water partition coefficient (Wildman–Crippen LogP) is 1.82. The van der Waals surface area contributed by atoms with E-state index in [0.29, 0.717) is 17.5 Å². The van der Waals surface area contributed by atoms with Gasteiger partial charge in [-0.1, -0.05) is 6.07 Å². The largest absolute Gasteiger partial charge is 0.490 e. The summed E-state index contributed by atoms with van der Waals surface area (Å²) in [5.41, 5.74) is 0.222. The molecule has 0 saturated carbocycles. The Morgan fingerprint density at radius 2 is 1.91 bits per heavy atom. The minimum atomic E-state index is -3.83. The van der Waals surface area contributed by atoms with Crippen LogP contribution in [0.3, 0.4) is 0 Å². The van der Waals surface area contributed by atoms with Gasteiger partial charge < -0.3 is 8.92 Å². The number of ether oxygens (including phenoxy) is 1. The summed E-state index contributed by atoms with van der Waals surface area (Å²) in [5, 5.41) is 7.31. The normalized spacial score (nSPS) is 18.0. The Morgan fingerprint density at radius 3 is 2.50 bits per heavy atom. The third kappa shape index (κ3) is 4.71. The topological polar surface area (TPSA) is 156 Å². The third-order valence-electron chi connectivity index (χ3n) is 4.19. The molecule has 0 aromatic heterocycles. The Bertz CT molecular complexity index is 1300. The zero-order chi connectivity index (χ0) is 23.8. The molecule has 11 nitrogen and oxygen atoms in total. The first-order chi connectivity index (χ1) is 14.8. The second-order valence-electron chi connectivity index (χ2n) is 6.93. The van der Waals surface area contributed by atoms with E-state index < -0.39 is 31.1 Å². The van der Waals surface area contributed by atoms with Gasteiger partial charge >= 0.3 is 10.1 Å². The molecule has 1 aromatic rings. The Morgan fingerprint density at radius 1 is 1.22 bits per heavy atom. The highest BCUT2D eigenvalue weighted by atomic mass is 32.2. The van der Waals surface area contributed by atoms with E-state index in [1.807, 2.05) is 0 Å². The first-order valence-electron chi connectivity index (χ1n) is 9.24. The Balaban J connectivity index is 2.02. The second kappa shape index (κ2) is 8.67.